The Morgan fingerprint density at radius 2 is 1.79 bits per heavy atom. The number of benzene rings is 2. The molecule has 0 bridgehead atoms. The summed E-state index contributed by atoms with van der Waals surface area (Å²) in [5.74, 6) is 0.529. The van der Waals surface area contributed by atoms with Crippen molar-refractivity contribution in [1.82, 2.24) is 9.97 Å². The van der Waals surface area contributed by atoms with Gasteiger partial charge < -0.3 is 14.3 Å². The Morgan fingerprint density at radius 1 is 1.06 bits per heavy atom. The van der Waals surface area contributed by atoms with Crippen LogP contribution in [0.4, 0.5) is 5.82 Å². The Morgan fingerprint density at radius 3 is 2.44 bits per heavy atom. The quantitative estimate of drug-likeness (QED) is 0.318. The number of hydrogen-bond donors (Lipinski definition) is 1. The minimum Gasteiger partial charge on any atom is -0.475 e. The average molecular weight is 484 g/mol. The Balaban J connectivity index is 1.94. The second-order valence-electron chi connectivity index (χ2n) is 8.81. The molecule has 0 aliphatic carbocycles. The number of sulfonamides is 1. The van der Waals surface area contributed by atoms with Crippen molar-refractivity contribution in [2.75, 3.05) is 11.3 Å². The smallest absolute Gasteiger partial charge is 0.263 e. The van der Waals surface area contributed by atoms with E-state index in [2.05, 4.69) is 35.5 Å². The highest BCUT2D eigenvalue weighted by Gasteiger charge is 2.23. The molecule has 3 aromatic rings. The van der Waals surface area contributed by atoms with Gasteiger partial charge in [0, 0.05) is 6.42 Å². The lowest BCUT2D eigenvalue weighted by Crippen LogP contribution is -2.16. The number of carbonyl (C=O) groups excluding carboxylic acids is 1. The summed E-state index contributed by atoms with van der Waals surface area (Å²) in [6.07, 6.45) is 2.82. The predicted molar refractivity (Wildman–Crippen MR) is 130 cm³/mol. The largest absolute Gasteiger partial charge is 0.475 e. The Labute approximate surface area is 200 Å². The van der Waals surface area contributed by atoms with Crippen molar-refractivity contribution in [3.8, 4) is 17.4 Å². The van der Waals surface area contributed by atoms with Crippen LogP contribution < -0.4 is 14.2 Å². The van der Waals surface area contributed by atoms with Crippen molar-refractivity contribution < 1.29 is 22.7 Å². The molecular formula is C25H29N3O5S. The first-order chi connectivity index (χ1) is 16.1. The zero-order valence-electron chi connectivity index (χ0n) is 19.7. The summed E-state index contributed by atoms with van der Waals surface area (Å²) < 4.78 is 40.4. The summed E-state index contributed by atoms with van der Waals surface area (Å²) >= 11 is 0. The molecule has 0 saturated heterocycles. The van der Waals surface area contributed by atoms with Crippen molar-refractivity contribution >= 4 is 22.1 Å². The maximum absolute atomic E-state index is 13.1. The third kappa shape index (κ3) is 6.54. The fourth-order valence-corrected chi connectivity index (χ4v) is 4.09. The summed E-state index contributed by atoms with van der Waals surface area (Å²) in [5.41, 5.74) is 1.87. The second-order valence-corrected chi connectivity index (χ2v) is 10.5. The number of nitrogens with zero attached hydrogens (tertiary/aromatic N) is 2. The van der Waals surface area contributed by atoms with E-state index in [1.807, 2.05) is 19.1 Å². The lowest BCUT2D eigenvalue weighted by atomic mass is 9.87. The van der Waals surface area contributed by atoms with E-state index < -0.39 is 10.0 Å². The molecule has 0 atom stereocenters. The van der Waals surface area contributed by atoms with Crippen LogP contribution in [0.2, 0.25) is 0 Å². The van der Waals surface area contributed by atoms with E-state index in [4.69, 9.17) is 9.47 Å². The van der Waals surface area contributed by atoms with Crippen LogP contribution in [-0.2, 0) is 20.2 Å². The molecule has 180 valence electrons. The fourth-order valence-electron chi connectivity index (χ4n) is 3.08. The van der Waals surface area contributed by atoms with Crippen LogP contribution in [0.25, 0.3) is 0 Å². The van der Waals surface area contributed by atoms with Crippen molar-refractivity contribution in [3.63, 3.8) is 0 Å². The molecule has 34 heavy (non-hydrogen) atoms. The average Bonchev–Trinajstić information content (AvgIpc) is 2.78. The number of hydrogen-bond acceptors (Lipinski definition) is 7. The van der Waals surface area contributed by atoms with Gasteiger partial charge in [0.1, 0.15) is 18.4 Å². The molecule has 1 aromatic heterocycles. The zero-order valence-corrected chi connectivity index (χ0v) is 20.6. The number of aryl methyl sites for hydroxylation is 1. The fraction of sp³-hybridized carbons (Fsp3) is 0.320. The van der Waals surface area contributed by atoms with E-state index in [1.165, 1.54) is 6.33 Å². The summed E-state index contributed by atoms with van der Waals surface area (Å²) in [6.45, 7) is 8.29. The molecule has 8 nitrogen and oxygen atoms in total. The van der Waals surface area contributed by atoms with Crippen molar-refractivity contribution in [1.29, 1.82) is 0 Å². The number of rotatable bonds is 10. The Kier molecular flexibility index (Phi) is 7.88. The molecule has 0 spiro atoms. The minimum atomic E-state index is -3.97. The van der Waals surface area contributed by atoms with E-state index in [1.54, 1.807) is 36.4 Å². The molecule has 1 N–H and O–H groups in total. The van der Waals surface area contributed by atoms with Gasteiger partial charge in [0.2, 0.25) is 5.75 Å². The van der Waals surface area contributed by atoms with Gasteiger partial charge in [0.05, 0.1) is 11.5 Å². The van der Waals surface area contributed by atoms with Gasteiger partial charge in [-0.2, -0.15) is 4.98 Å². The lowest BCUT2D eigenvalue weighted by molar-refractivity contribution is -0.108. The molecule has 9 heteroatoms. The first-order valence-electron chi connectivity index (χ1n) is 10.9. The number of carbonyl (C=O) groups is 1. The summed E-state index contributed by atoms with van der Waals surface area (Å²) in [6, 6.07) is 14.0. The molecule has 0 saturated carbocycles. The maximum atomic E-state index is 13.1. The third-order valence-corrected chi connectivity index (χ3v) is 6.30. The molecule has 0 aliphatic rings. The monoisotopic (exact) mass is 483 g/mol. The number of unbranched alkanes of at least 4 members (excludes halogenated alkanes) is 1. The van der Waals surface area contributed by atoms with E-state index in [0.29, 0.717) is 18.6 Å². The standard InChI is InChI=1S/C25H29N3O5S/c1-18-8-7-9-20(16-18)33-22-23(26-17-27-24(22)32-15-6-5-14-29)28-34(30,31)21-12-10-19(11-13-21)25(2,3)4/h7-14,16-17H,5-6,15H2,1-4H3,(H,26,27,28). The maximum Gasteiger partial charge on any atom is 0.263 e. The van der Waals surface area contributed by atoms with Crippen molar-refractivity contribution in [3.05, 3.63) is 66.0 Å². The molecule has 0 aliphatic heterocycles. The van der Waals surface area contributed by atoms with Crippen LogP contribution >= 0.6 is 0 Å². The summed E-state index contributed by atoms with van der Waals surface area (Å²) in [7, 11) is -3.97. The molecule has 2 aromatic carbocycles. The van der Waals surface area contributed by atoms with Crippen molar-refractivity contribution in [2.45, 2.75) is 50.8 Å². The summed E-state index contributed by atoms with van der Waals surface area (Å²) in [5, 5.41) is 0. The van der Waals surface area contributed by atoms with Gasteiger partial charge in [0.25, 0.3) is 15.9 Å². The predicted octanol–water partition coefficient (Wildman–Crippen LogP) is 5.03. The first kappa shape index (κ1) is 25.2. The van der Waals surface area contributed by atoms with E-state index in [-0.39, 0.29) is 34.4 Å². The van der Waals surface area contributed by atoms with Crippen LogP contribution in [0.1, 0.15) is 44.7 Å². The Hall–Kier alpha value is -3.46. The molecule has 3 rings (SSSR count). The second kappa shape index (κ2) is 10.6. The molecule has 0 radical (unpaired) electrons. The number of aromatic nitrogens is 2. The SMILES string of the molecule is Cc1cccc(Oc2c(NS(=O)(=O)c3ccc(C(C)(C)C)cc3)ncnc2OCCCC=O)c1. The number of aldehydes is 1. The zero-order chi connectivity index (χ0) is 24.8. The van der Waals surface area contributed by atoms with Gasteiger partial charge in [0.15, 0.2) is 5.82 Å². The van der Waals surface area contributed by atoms with Gasteiger partial charge in [-0.15, -0.1) is 0 Å². The topological polar surface area (TPSA) is 107 Å². The van der Waals surface area contributed by atoms with Crippen LogP contribution in [0.15, 0.2) is 59.8 Å². The highest BCUT2D eigenvalue weighted by molar-refractivity contribution is 7.92. The van der Waals surface area contributed by atoms with Crippen LogP contribution in [0.3, 0.4) is 0 Å². The molecule has 0 fully saturated rings. The summed E-state index contributed by atoms with van der Waals surface area (Å²) in [4.78, 5) is 18.9. The van der Waals surface area contributed by atoms with Gasteiger partial charge in [-0.05, 0) is 54.2 Å². The third-order valence-electron chi connectivity index (χ3n) is 4.95. The van der Waals surface area contributed by atoms with Gasteiger partial charge in [-0.25, -0.2) is 13.4 Å². The Bertz CT molecular complexity index is 1240. The first-order valence-corrected chi connectivity index (χ1v) is 12.4. The molecule has 0 amide bonds. The molecule has 0 unspecified atom stereocenters. The highest BCUT2D eigenvalue weighted by atomic mass is 32.2. The minimum absolute atomic E-state index is 0.0362. The number of ether oxygens (including phenoxy) is 2. The lowest BCUT2D eigenvalue weighted by Gasteiger charge is -2.19. The van der Waals surface area contributed by atoms with Crippen molar-refractivity contribution in [2.24, 2.45) is 0 Å². The highest BCUT2D eigenvalue weighted by Crippen LogP contribution is 2.37. The normalized spacial score (nSPS) is 11.6. The molecule has 1 heterocycles. The van der Waals surface area contributed by atoms with E-state index in [0.717, 1.165) is 17.4 Å². The number of anilines is 1. The van der Waals surface area contributed by atoms with Crippen LogP contribution in [-0.4, -0.2) is 31.3 Å². The van der Waals surface area contributed by atoms with Gasteiger partial charge in [-0.1, -0.05) is 45.0 Å². The number of nitrogens with one attached hydrogen (secondary N) is 1. The van der Waals surface area contributed by atoms with Crippen LogP contribution in [0.5, 0.6) is 17.4 Å². The molecular weight excluding hydrogens is 454 g/mol. The van der Waals surface area contributed by atoms with Crippen LogP contribution in [0, 0.1) is 6.92 Å². The van der Waals surface area contributed by atoms with E-state index in [9.17, 15) is 13.2 Å². The van der Waals surface area contributed by atoms with E-state index >= 15 is 0 Å². The van der Waals surface area contributed by atoms with Gasteiger partial charge >= 0.3 is 0 Å². The van der Waals surface area contributed by atoms with Gasteiger partial charge in [-0.3, -0.25) is 4.72 Å².